The predicted octanol–water partition coefficient (Wildman–Crippen LogP) is 2.73. The van der Waals surface area contributed by atoms with Crippen LogP contribution in [0.15, 0.2) is 17.3 Å². The van der Waals surface area contributed by atoms with Gasteiger partial charge in [-0.1, -0.05) is 0 Å². The Morgan fingerprint density at radius 2 is 2.04 bits per heavy atom. The Morgan fingerprint density at radius 3 is 2.65 bits per heavy atom. The number of H-pyrrole nitrogens is 1. The van der Waals surface area contributed by atoms with Crippen LogP contribution in [0.3, 0.4) is 0 Å². The zero-order valence-electron chi connectivity index (χ0n) is 16.3. The maximum absolute atomic E-state index is 4.65. The van der Waals surface area contributed by atoms with E-state index in [1.807, 2.05) is 13.1 Å². The van der Waals surface area contributed by atoms with Crippen molar-refractivity contribution in [3.05, 3.63) is 34.9 Å². The molecule has 0 bridgehead atoms. The molecule has 0 atom stereocenters. The number of halogens is 1. The van der Waals surface area contributed by atoms with Crippen molar-refractivity contribution >= 4 is 29.9 Å². The highest BCUT2D eigenvalue weighted by Crippen LogP contribution is 2.05. The van der Waals surface area contributed by atoms with E-state index in [4.69, 9.17) is 0 Å². The molecule has 26 heavy (non-hydrogen) atoms. The average Bonchev–Trinajstić information content (AvgIpc) is 3.12. The van der Waals surface area contributed by atoms with Gasteiger partial charge >= 0.3 is 0 Å². The van der Waals surface area contributed by atoms with E-state index >= 15 is 0 Å². The average molecular weight is 473 g/mol. The molecule has 0 amide bonds. The normalized spacial score (nSPS) is 11.3. The Bertz CT molecular complexity index is 675. The molecule has 7 nitrogen and oxygen atoms in total. The lowest BCUT2D eigenvalue weighted by molar-refractivity contribution is 0.567. The molecule has 0 aliphatic rings. The molecule has 2 aromatic heterocycles. The summed E-state index contributed by atoms with van der Waals surface area (Å²) < 4.78 is 2.05. The number of aromatic amines is 1. The highest BCUT2D eigenvalue weighted by atomic mass is 127. The van der Waals surface area contributed by atoms with Crippen LogP contribution >= 0.6 is 24.0 Å². The molecular weight excluding hydrogens is 441 g/mol. The first-order chi connectivity index (χ1) is 12.1. The second-order valence-electron chi connectivity index (χ2n) is 6.32. The number of hydrogen-bond acceptors (Lipinski definition) is 3. The van der Waals surface area contributed by atoms with Crippen LogP contribution in [-0.2, 0) is 13.0 Å². The van der Waals surface area contributed by atoms with Gasteiger partial charge < -0.3 is 10.6 Å². The summed E-state index contributed by atoms with van der Waals surface area (Å²) >= 11 is 0. The van der Waals surface area contributed by atoms with Crippen molar-refractivity contribution in [1.29, 1.82) is 0 Å². The van der Waals surface area contributed by atoms with Gasteiger partial charge in [0.2, 0.25) is 0 Å². The van der Waals surface area contributed by atoms with Crippen molar-refractivity contribution < 1.29 is 0 Å². The molecule has 2 rings (SSSR count). The van der Waals surface area contributed by atoms with Crippen molar-refractivity contribution in [3.63, 3.8) is 0 Å². The summed E-state index contributed by atoms with van der Waals surface area (Å²) in [5.74, 6) is 0.889. The SMILES string of the molecule is CCNC(=NCCCn1nc(C)cc1C)NCCCc1cn[nH]c1C.I. The molecule has 8 heteroatoms. The van der Waals surface area contributed by atoms with Gasteiger partial charge in [-0.3, -0.25) is 14.8 Å². The van der Waals surface area contributed by atoms with Gasteiger partial charge in [0.1, 0.15) is 0 Å². The van der Waals surface area contributed by atoms with Crippen LogP contribution in [-0.4, -0.2) is 45.6 Å². The molecule has 0 radical (unpaired) electrons. The summed E-state index contributed by atoms with van der Waals surface area (Å²) in [6, 6.07) is 2.11. The van der Waals surface area contributed by atoms with E-state index in [9.17, 15) is 0 Å². The van der Waals surface area contributed by atoms with Gasteiger partial charge in [-0.25, -0.2) is 0 Å². The Morgan fingerprint density at radius 1 is 1.23 bits per heavy atom. The van der Waals surface area contributed by atoms with Crippen LogP contribution in [0.4, 0.5) is 0 Å². The first-order valence-corrected chi connectivity index (χ1v) is 9.12. The number of nitrogens with one attached hydrogen (secondary N) is 3. The summed E-state index contributed by atoms with van der Waals surface area (Å²) in [5.41, 5.74) is 4.73. The number of aryl methyl sites for hydroxylation is 5. The lowest BCUT2D eigenvalue weighted by Gasteiger charge is -2.11. The number of aromatic nitrogens is 4. The Labute approximate surface area is 173 Å². The Hall–Kier alpha value is -1.58. The summed E-state index contributed by atoms with van der Waals surface area (Å²) in [5, 5.41) is 18.2. The fourth-order valence-electron chi connectivity index (χ4n) is 2.77. The van der Waals surface area contributed by atoms with Crippen LogP contribution < -0.4 is 10.6 Å². The van der Waals surface area contributed by atoms with Crippen LogP contribution in [0.5, 0.6) is 0 Å². The summed E-state index contributed by atoms with van der Waals surface area (Å²) in [6.07, 6.45) is 4.96. The third kappa shape index (κ3) is 7.35. The summed E-state index contributed by atoms with van der Waals surface area (Å²) in [7, 11) is 0. The van der Waals surface area contributed by atoms with Crippen molar-refractivity contribution in [2.24, 2.45) is 4.99 Å². The van der Waals surface area contributed by atoms with Gasteiger partial charge in [0, 0.05) is 37.6 Å². The van der Waals surface area contributed by atoms with Crippen molar-refractivity contribution in [3.8, 4) is 0 Å². The first kappa shape index (κ1) is 22.5. The molecule has 0 aliphatic heterocycles. The zero-order valence-corrected chi connectivity index (χ0v) is 18.6. The van der Waals surface area contributed by atoms with Gasteiger partial charge in [0.15, 0.2) is 5.96 Å². The van der Waals surface area contributed by atoms with Crippen LogP contribution in [0, 0.1) is 20.8 Å². The van der Waals surface area contributed by atoms with E-state index in [2.05, 4.69) is 62.4 Å². The fraction of sp³-hybridized carbons (Fsp3) is 0.611. The summed E-state index contributed by atoms with van der Waals surface area (Å²) in [6.45, 7) is 11.7. The quantitative estimate of drug-likeness (QED) is 0.226. The molecule has 2 aromatic rings. The molecular formula is C18H32IN7. The third-order valence-electron chi connectivity index (χ3n) is 4.10. The predicted molar refractivity (Wildman–Crippen MR) is 117 cm³/mol. The third-order valence-corrected chi connectivity index (χ3v) is 4.10. The van der Waals surface area contributed by atoms with E-state index < -0.39 is 0 Å². The molecule has 0 spiro atoms. The maximum atomic E-state index is 4.65. The van der Waals surface area contributed by atoms with Crippen LogP contribution in [0.2, 0.25) is 0 Å². The second kappa shape index (κ2) is 11.9. The van der Waals surface area contributed by atoms with E-state index in [1.54, 1.807) is 0 Å². The molecule has 0 fully saturated rings. The monoisotopic (exact) mass is 473 g/mol. The van der Waals surface area contributed by atoms with Crippen LogP contribution in [0.1, 0.15) is 42.4 Å². The molecule has 2 heterocycles. The maximum Gasteiger partial charge on any atom is 0.191 e. The molecule has 0 saturated heterocycles. The number of rotatable bonds is 9. The number of aliphatic imine (C=N–C) groups is 1. The van der Waals surface area contributed by atoms with Crippen molar-refractivity contribution in [2.45, 2.75) is 53.5 Å². The molecule has 0 aliphatic carbocycles. The lowest BCUT2D eigenvalue weighted by Crippen LogP contribution is -2.38. The second-order valence-corrected chi connectivity index (χ2v) is 6.32. The molecule has 0 saturated carbocycles. The zero-order chi connectivity index (χ0) is 18.1. The van der Waals surface area contributed by atoms with E-state index in [0.29, 0.717) is 0 Å². The smallest absolute Gasteiger partial charge is 0.191 e. The number of guanidine groups is 1. The first-order valence-electron chi connectivity index (χ1n) is 9.12. The molecule has 146 valence electrons. The largest absolute Gasteiger partial charge is 0.357 e. The Balaban J connectivity index is 0.00000338. The van der Waals surface area contributed by atoms with Gasteiger partial charge in [-0.05, 0) is 58.6 Å². The Kier molecular flexibility index (Phi) is 10.3. The van der Waals surface area contributed by atoms with E-state index in [1.165, 1.54) is 11.3 Å². The number of hydrogen-bond donors (Lipinski definition) is 3. The topological polar surface area (TPSA) is 82.9 Å². The van der Waals surface area contributed by atoms with Gasteiger partial charge in [-0.15, -0.1) is 24.0 Å². The van der Waals surface area contributed by atoms with E-state index in [-0.39, 0.29) is 24.0 Å². The molecule has 0 unspecified atom stereocenters. The molecule has 3 N–H and O–H groups in total. The highest BCUT2D eigenvalue weighted by Gasteiger charge is 2.02. The van der Waals surface area contributed by atoms with E-state index in [0.717, 1.165) is 62.8 Å². The lowest BCUT2D eigenvalue weighted by atomic mass is 10.1. The van der Waals surface area contributed by atoms with Crippen molar-refractivity contribution in [1.82, 2.24) is 30.6 Å². The highest BCUT2D eigenvalue weighted by molar-refractivity contribution is 14.0. The fourth-order valence-corrected chi connectivity index (χ4v) is 2.77. The summed E-state index contributed by atoms with van der Waals surface area (Å²) in [4.78, 5) is 4.65. The van der Waals surface area contributed by atoms with Gasteiger partial charge in [0.25, 0.3) is 0 Å². The van der Waals surface area contributed by atoms with Gasteiger partial charge in [0.05, 0.1) is 11.9 Å². The minimum atomic E-state index is 0. The molecule has 0 aromatic carbocycles. The minimum Gasteiger partial charge on any atom is -0.357 e. The minimum absolute atomic E-state index is 0. The van der Waals surface area contributed by atoms with Crippen LogP contribution in [0.25, 0.3) is 0 Å². The number of nitrogens with zero attached hydrogens (tertiary/aromatic N) is 4. The van der Waals surface area contributed by atoms with Crippen molar-refractivity contribution in [2.75, 3.05) is 19.6 Å². The standard InChI is InChI=1S/C18H31N7.HI/c1-5-19-18(20-9-6-8-17-13-22-23-16(17)4)21-10-7-11-25-15(3)12-14(2)24-25;/h12-13H,5-11H2,1-4H3,(H,22,23)(H2,19,20,21);1H. The van der Waals surface area contributed by atoms with Gasteiger partial charge in [-0.2, -0.15) is 10.2 Å².